The number of nitrogens with two attached hydrogens (primary N) is 1. The Hall–Kier alpha value is -0.830. The van der Waals surface area contributed by atoms with Crippen molar-refractivity contribution in [2.45, 2.75) is 40.2 Å². The molecule has 3 heteroatoms. The van der Waals surface area contributed by atoms with Crippen LogP contribution in [0.5, 0.6) is 0 Å². The maximum absolute atomic E-state index is 5.72. The Labute approximate surface area is 79.8 Å². The molecule has 1 aromatic heterocycles. The summed E-state index contributed by atoms with van der Waals surface area (Å²) in [5, 5.41) is 0. The molecule has 0 amide bonds. The summed E-state index contributed by atoms with van der Waals surface area (Å²) in [7, 11) is 0. The first-order valence-electron chi connectivity index (χ1n) is 4.68. The highest BCUT2D eigenvalue weighted by Gasteiger charge is 2.14. The Balaban J connectivity index is 2.70. The highest BCUT2D eigenvalue weighted by atomic mass is 14.9. The van der Waals surface area contributed by atoms with Gasteiger partial charge in [0.15, 0.2) is 0 Å². The predicted molar refractivity (Wildman–Crippen MR) is 54.3 cm³/mol. The summed E-state index contributed by atoms with van der Waals surface area (Å²) < 4.78 is 0. The Bertz CT molecular complexity index is 268. The van der Waals surface area contributed by atoms with Gasteiger partial charge in [-0.1, -0.05) is 20.8 Å². The second-order valence-corrected chi connectivity index (χ2v) is 4.81. The van der Waals surface area contributed by atoms with E-state index >= 15 is 0 Å². The Morgan fingerprint density at radius 2 is 2.15 bits per heavy atom. The number of hydrogen-bond acceptors (Lipinski definition) is 2. The van der Waals surface area contributed by atoms with E-state index in [2.05, 4.69) is 30.7 Å². The molecule has 3 nitrogen and oxygen atoms in total. The van der Waals surface area contributed by atoms with Gasteiger partial charge in [0.25, 0.3) is 0 Å². The molecule has 1 rings (SSSR count). The largest absolute Gasteiger partial charge is 0.345 e. The van der Waals surface area contributed by atoms with E-state index in [0.717, 1.165) is 17.9 Å². The lowest BCUT2D eigenvalue weighted by Gasteiger charge is -2.15. The van der Waals surface area contributed by atoms with Crippen molar-refractivity contribution in [3.8, 4) is 0 Å². The number of nitrogens with one attached hydrogen (secondary N) is 1. The highest BCUT2D eigenvalue weighted by molar-refractivity contribution is 5.05. The second-order valence-electron chi connectivity index (χ2n) is 4.81. The fraction of sp³-hybridized carbons (Fsp3) is 0.700. The van der Waals surface area contributed by atoms with Gasteiger partial charge in [0.2, 0.25) is 0 Å². The summed E-state index contributed by atoms with van der Waals surface area (Å²) in [6.45, 7) is 8.54. The van der Waals surface area contributed by atoms with Crippen molar-refractivity contribution in [3.63, 3.8) is 0 Å². The quantitative estimate of drug-likeness (QED) is 0.733. The molecule has 0 bridgehead atoms. The number of rotatable bonds is 2. The van der Waals surface area contributed by atoms with Gasteiger partial charge in [-0.15, -0.1) is 0 Å². The number of imidazole rings is 1. The minimum Gasteiger partial charge on any atom is -0.345 e. The van der Waals surface area contributed by atoms with Crippen LogP contribution >= 0.6 is 0 Å². The van der Waals surface area contributed by atoms with E-state index in [4.69, 9.17) is 5.73 Å². The van der Waals surface area contributed by atoms with Crippen molar-refractivity contribution in [3.05, 3.63) is 17.7 Å². The summed E-state index contributed by atoms with van der Waals surface area (Å²) in [5.74, 6) is 1.03. The van der Waals surface area contributed by atoms with Crippen LogP contribution in [0.4, 0.5) is 0 Å². The van der Waals surface area contributed by atoms with E-state index in [1.54, 1.807) is 0 Å². The number of H-pyrrole nitrogens is 1. The number of aromatic amines is 1. The molecular formula is C10H19N3. The molecule has 13 heavy (non-hydrogen) atoms. The van der Waals surface area contributed by atoms with Gasteiger partial charge in [-0.2, -0.15) is 0 Å². The van der Waals surface area contributed by atoms with Crippen molar-refractivity contribution in [1.82, 2.24) is 9.97 Å². The third kappa shape index (κ3) is 3.19. The number of hydrogen-bond donors (Lipinski definition) is 2. The zero-order valence-electron chi connectivity index (χ0n) is 8.89. The molecule has 0 saturated carbocycles. The molecule has 74 valence electrons. The van der Waals surface area contributed by atoms with Crippen LogP contribution in [0.3, 0.4) is 0 Å². The summed E-state index contributed by atoms with van der Waals surface area (Å²) in [4.78, 5) is 7.52. The first-order chi connectivity index (χ1) is 5.88. The molecule has 0 fully saturated rings. The monoisotopic (exact) mass is 181 g/mol. The Morgan fingerprint density at radius 1 is 1.54 bits per heavy atom. The van der Waals surface area contributed by atoms with E-state index in [0.29, 0.717) is 0 Å². The predicted octanol–water partition coefficient (Wildman–Crippen LogP) is 2.02. The van der Waals surface area contributed by atoms with Crippen LogP contribution in [-0.4, -0.2) is 9.97 Å². The maximum atomic E-state index is 5.72. The summed E-state index contributed by atoms with van der Waals surface area (Å²) in [6.07, 6.45) is 2.78. The van der Waals surface area contributed by atoms with E-state index in [9.17, 15) is 0 Å². The SMILES string of the molecule is CC(N)c1cnc(CC(C)(C)C)[nH]1. The third-order valence-electron chi connectivity index (χ3n) is 1.84. The normalized spacial score (nSPS) is 14.5. The maximum Gasteiger partial charge on any atom is 0.106 e. The van der Waals surface area contributed by atoms with Crippen molar-refractivity contribution in [2.24, 2.45) is 11.1 Å². The molecule has 0 aliphatic heterocycles. The molecule has 1 unspecified atom stereocenters. The fourth-order valence-corrected chi connectivity index (χ4v) is 1.20. The lowest BCUT2D eigenvalue weighted by Crippen LogP contribution is -2.11. The third-order valence-corrected chi connectivity index (χ3v) is 1.84. The first-order valence-corrected chi connectivity index (χ1v) is 4.68. The molecule has 0 saturated heterocycles. The van der Waals surface area contributed by atoms with Gasteiger partial charge in [-0.05, 0) is 12.3 Å². The van der Waals surface area contributed by atoms with Crippen LogP contribution < -0.4 is 5.73 Å². The Morgan fingerprint density at radius 3 is 2.54 bits per heavy atom. The van der Waals surface area contributed by atoms with E-state index in [1.165, 1.54) is 0 Å². The molecule has 1 heterocycles. The summed E-state index contributed by atoms with van der Waals surface area (Å²) >= 11 is 0. The molecular weight excluding hydrogens is 162 g/mol. The van der Waals surface area contributed by atoms with E-state index in [-0.39, 0.29) is 11.5 Å². The van der Waals surface area contributed by atoms with Gasteiger partial charge in [-0.3, -0.25) is 0 Å². The smallest absolute Gasteiger partial charge is 0.106 e. The Kier molecular flexibility index (Phi) is 2.76. The summed E-state index contributed by atoms with van der Waals surface area (Å²) in [5.41, 5.74) is 7.00. The average Bonchev–Trinajstić information content (AvgIpc) is 2.31. The van der Waals surface area contributed by atoms with Crippen molar-refractivity contribution >= 4 is 0 Å². The second kappa shape index (κ2) is 3.50. The average molecular weight is 181 g/mol. The van der Waals surface area contributed by atoms with Crippen LogP contribution in [0.2, 0.25) is 0 Å². The van der Waals surface area contributed by atoms with Crippen LogP contribution in [0.15, 0.2) is 6.20 Å². The van der Waals surface area contributed by atoms with Gasteiger partial charge in [0.05, 0.1) is 5.69 Å². The molecule has 0 aromatic carbocycles. The van der Waals surface area contributed by atoms with Gasteiger partial charge in [0, 0.05) is 18.7 Å². The minimum absolute atomic E-state index is 0.0428. The molecule has 3 N–H and O–H groups in total. The lowest BCUT2D eigenvalue weighted by molar-refractivity contribution is 0.402. The molecule has 0 spiro atoms. The molecule has 0 radical (unpaired) electrons. The molecule has 0 aliphatic rings. The number of nitrogens with zero attached hydrogens (tertiary/aromatic N) is 1. The fourth-order valence-electron chi connectivity index (χ4n) is 1.20. The van der Waals surface area contributed by atoms with Gasteiger partial charge < -0.3 is 10.7 Å². The zero-order valence-corrected chi connectivity index (χ0v) is 8.89. The van der Waals surface area contributed by atoms with Crippen LogP contribution in [0.1, 0.15) is 45.3 Å². The van der Waals surface area contributed by atoms with Gasteiger partial charge in [0.1, 0.15) is 5.82 Å². The van der Waals surface area contributed by atoms with Gasteiger partial charge in [-0.25, -0.2) is 4.98 Å². The van der Waals surface area contributed by atoms with E-state index < -0.39 is 0 Å². The first kappa shape index (κ1) is 10.3. The topological polar surface area (TPSA) is 54.7 Å². The van der Waals surface area contributed by atoms with Crippen LogP contribution in [0.25, 0.3) is 0 Å². The van der Waals surface area contributed by atoms with Gasteiger partial charge >= 0.3 is 0 Å². The zero-order chi connectivity index (χ0) is 10.1. The van der Waals surface area contributed by atoms with Crippen LogP contribution in [-0.2, 0) is 6.42 Å². The highest BCUT2D eigenvalue weighted by Crippen LogP contribution is 2.19. The minimum atomic E-state index is 0.0428. The van der Waals surface area contributed by atoms with Crippen molar-refractivity contribution in [1.29, 1.82) is 0 Å². The van der Waals surface area contributed by atoms with Crippen molar-refractivity contribution in [2.75, 3.05) is 0 Å². The molecule has 1 atom stereocenters. The van der Waals surface area contributed by atoms with E-state index in [1.807, 2.05) is 13.1 Å². The standard InChI is InChI=1S/C10H19N3/c1-7(11)8-6-12-9(13-8)5-10(2,3)4/h6-7H,5,11H2,1-4H3,(H,12,13). The summed E-state index contributed by atoms with van der Waals surface area (Å²) in [6, 6.07) is 0.0428. The molecule has 1 aromatic rings. The number of aromatic nitrogens is 2. The van der Waals surface area contributed by atoms with Crippen molar-refractivity contribution < 1.29 is 0 Å². The van der Waals surface area contributed by atoms with Crippen LogP contribution in [0, 0.1) is 5.41 Å². The lowest BCUT2D eigenvalue weighted by atomic mass is 9.92. The molecule has 0 aliphatic carbocycles.